The van der Waals surface area contributed by atoms with E-state index in [9.17, 15) is 0 Å². The Labute approximate surface area is 75.7 Å². The fourth-order valence-electron chi connectivity index (χ4n) is 1.56. The minimum atomic E-state index is 0.871. The number of ether oxygens (including phenoxy) is 1. The van der Waals surface area contributed by atoms with Crippen molar-refractivity contribution in [2.75, 3.05) is 26.3 Å². The minimum Gasteiger partial charge on any atom is -0.381 e. The maximum Gasteiger partial charge on any atom is 0.0469 e. The van der Waals surface area contributed by atoms with Crippen LogP contribution in [0.3, 0.4) is 0 Å². The molecular weight excluding hydrogens is 150 g/mol. The van der Waals surface area contributed by atoms with Gasteiger partial charge in [-0.1, -0.05) is 13.3 Å². The molecule has 0 unspecified atom stereocenters. The standard InChI is InChI=1S/C10H21NO/c1-2-3-6-11-9-10-4-7-12-8-5-10/h10-11H,2-9H2,1H3. The second kappa shape index (κ2) is 6.44. The van der Waals surface area contributed by atoms with Crippen molar-refractivity contribution in [3.63, 3.8) is 0 Å². The quantitative estimate of drug-likeness (QED) is 0.637. The third kappa shape index (κ3) is 4.07. The summed E-state index contributed by atoms with van der Waals surface area (Å²) in [6.45, 7) is 6.56. The molecule has 0 aromatic heterocycles. The van der Waals surface area contributed by atoms with Crippen molar-refractivity contribution in [1.82, 2.24) is 5.32 Å². The largest absolute Gasteiger partial charge is 0.381 e. The molecule has 0 bridgehead atoms. The molecule has 1 aliphatic heterocycles. The topological polar surface area (TPSA) is 21.3 Å². The summed E-state index contributed by atoms with van der Waals surface area (Å²) < 4.78 is 5.30. The molecule has 12 heavy (non-hydrogen) atoms. The van der Waals surface area contributed by atoms with Crippen LogP contribution in [0.1, 0.15) is 32.6 Å². The van der Waals surface area contributed by atoms with Crippen molar-refractivity contribution in [2.24, 2.45) is 5.92 Å². The Kier molecular flexibility index (Phi) is 5.37. The van der Waals surface area contributed by atoms with Gasteiger partial charge in [-0.2, -0.15) is 0 Å². The van der Waals surface area contributed by atoms with E-state index in [1.807, 2.05) is 0 Å². The smallest absolute Gasteiger partial charge is 0.0469 e. The van der Waals surface area contributed by atoms with E-state index < -0.39 is 0 Å². The highest BCUT2D eigenvalue weighted by molar-refractivity contribution is 4.65. The Morgan fingerprint density at radius 3 is 2.75 bits per heavy atom. The summed E-state index contributed by atoms with van der Waals surface area (Å²) in [6.07, 6.45) is 5.10. The first-order chi connectivity index (χ1) is 5.93. The predicted octanol–water partition coefficient (Wildman–Crippen LogP) is 1.80. The summed E-state index contributed by atoms with van der Waals surface area (Å²) in [6, 6.07) is 0. The number of rotatable bonds is 5. The van der Waals surface area contributed by atoms with E-state index in [1.54, 1.807) is 0 Å². The molecule has 0 aromatic rings. The van der Waals surface area contributed by atoms with Crippen molar-refractivity contribution >= 4 is 0 Å². The molecule has 2 nitrogen and oxygen atoms in total. The summed E-state index contributed by atoms with van der Waals surface area (Å²) in [5, 5.41) is 3.50. The van der Waals surface area contributed by atoms with E-state index >= 15 is 0 Å². The molecule has 1 aliphatic rings. The first-order valence-corrected chi connectivity index (χ1v) is 5.22. The Morgan fingerprint density at radius 2 is 2.08 bits per heavy atom. The van der Waals surface area contributed by atoms with Crippen LogP contribution in [-0.4, -0.2) is 26.3 Å². The van der Waals surface area contributed by atoms with Crippen LogP contribution in [0.2, 0.25) is 0 Å². The highest BCUT2D eigenvalue weighted by atomic mass is 16.5. The van der Waals surface area contributed by atoms with E-state index in [0.717, 1.165) is 19.1 Å². The minimum absolute atomic E-state index is 0.871. The van der Waals surface area contributed by atoms with Gasteiger partial charge >= 0.3 is 0 Å². The fraction of sp³-hybridized carbons (Fsp3) is 1.00. The van der Waals surface area contributed by atoms with Gasteiger partial charge in [0.05, 0.1) is 0 Å². The molecule has 1 fully saturated rings. The normalized spacial score (nSPS) is 19.8. The zero-order chi connectivity index (χ0) is 8.65. The van der Waals surface area contributed by atoms with E-state index in [0.29, 0.717) is 0 Å². The molecule has 0 amide bonds. The number of nitrogens with one attached hydrogen (secondary N) is 1. The second-order valence-electron chi connectivity index (χ2n) is 3.61. The van der Waals surface area contributed by atoms with Crippen molar-refractivity contribution in [3.8, 4) is 0 Å². The summed E-state index contributed by atoms with van der Waals surface area (Å²) in [5.41, 5.74) is 0. The Morgan fingerprint density at radius 1 is 1.33 bits per heavy atom. The summed E-state index contributed by atoms with van der Waals surface area (Å²) in [4.78, 5) is 0. The van der Waals surface area contributed by atoms with Gasteiger partial charge < -0.3 is 10.1 Å². The highest BCUT2D eigenvalue weighted by Crippen LogP contribution is 2.12. The summed E-state index contributed by atoms with van der Waals surface area (Å²) in [5.74, 6) is 0.871. The van der Waals surface area contributed by atoms with Gasteiger partial charge in [-0.25, -0.2) is 0 Å². The average Bonchev–Trinajstić information content (AvgIpc) is 2.14. The van der Waals surface area contributed by atoms with Gasteiger partial charge in [0.15, 0.2) is 0 Å². The predicted molar refractivity (Wildman–Crippen MR) is 51.3 cm³/mol. The highest BCUT2D eigenvalue weighted by Gasteiger charge is 2.12. The molecule has 0 saturated carbocycles. The van der Waals surface area contributed by atoms with Crippen LogP contribution in [0.15, 0.2) is 0 Å². The lowest BCUT2D eigenvalue weighted by Crippen LogP contribution is -2.28. The average molecular weight is 171 g/mol. The van der Waals surface area contributed by atoms with E-state index in [-0.39, 0.29) is 0 Å². The molecule has 0 spiro atoms. The van der Waals surface area contributed by atoms with Crippen LogP contribution in [0.5, 0.6) is 0 Å². The summed E-state index contributed by atoms with van der Waals surface area (Å²) >= 11 is 0. The Hall–Kier alpha value is -0.0800. The van der Waals surface area contributed by atoms with Crippen molar-refractivity contribution in [1.29, 1.82) is 0 Å². The number of hydrogen-bond acceptors (Lipinski definition) is 2. The van der Waals surface area contributed by atoms with Crippen LogP contribution in [0, 0.1) is 5.92 Å². The number of hydrogen-bond donors (Lipinski definition) is 1. The van der Waals surface area contributed by atoms with Gasteiger partial charge in [0, 0.05) is 13.2 Å². The van der Waals surface area contributed by atoms with Gasteiger partial charge in [-0.15, -0.1) is 0 Å². The molecular formula is C10H21NO. The van der Waals surface area contributed by atoms with Crippen LogP contribution >= 0.6 is 0 Å². The zero-order valence-electron chi connectivity index (χ0n) is 8.14. The lowest BCUT2D eigenvalue weighted by Gasteiger charge is -2.22. The SMILES string of the molecule is CCCCNCC1CCOCC1. The molecule has 72 valence electrons. The van der Waals surface area contributed by atoms with E-state index in [2.05, 4.69) is 12.2 Å². The van der Waals surface area contributed by atoms with Gasteiger partial charge in [-0.3, -0.25) is 0 Å². The zero-order valence-corrected chi connectivity index (χ0v) is 8.14. The van der Waals surface area contributed by atoms with Crippen molar-refractivity contribution in [3.05, 3.63) is 0 Å². The van der Waals surface area contributed by atoms with Gasteiger partial charge in [0.2, 0.25) is 0 Å². The first kappa shape index (κ1) is 10.0. The Bertz CT molecular complexity index is 100. The third-order valence-electron chi connectivity index (χ3n) is 2.48. The van der Waals surface area contributed by atoms with Crippen LogP contribution in [-0.2, 0) is 4.74 Å². The summed E-state index contributed by atoms with van der Waals surface area (Å²) in [7, 11) is 0. The third-order valence-corrected chi connectivity index (χ3v) is 2.48. The molecule has 0 atom stereocenters. The molecule has 1 saturated heterocycles. The monoisotopic (exact) mass is 171 g/mol. The fourth-order valence-corrected chi connectivity index (χ4v) is 1.56. The van der Waals surface area contributed by atoms with Crippen LogP contribution in [0.25, 0.3) is 0 Å². The van der Waals surface area contributed by atoms with Gasteiger partial charge in [-0.05, 0) is 38.3 Å². The molecule has 0 aromatic carbocycles. The molecule has 1 rings (SSSR count). The lowest BCUT2D eigenvalue weighted by molar-refractivity contribution is 0.0663. The van der Waals surface area contributed by atoms with Crippen molar-refractivity contribution < 1.29 is 4.74 Å². The van der Waals surface area contributed by atoms with Crippen molar-refractivity contribution in [2.45, 2.75) is 32.6 Å². The maximum atomic E-state index is 5.30. The van der Waals surface area contributed by atoms with Crippen LogP contribution < -0.4 is 5.32 Å². The molecule has 0 aliphatic carbocycles. The van der Waals surface area contributed by atoms with E-state index in [1.165, 1.54) is 38.8 Å². The Balaban J connectivity index is 1.91. The first-order valence-electron chi connectivity index (χ1n) is 5.22. The molecule has 1 N–H and O–H groups in total. The van der Waals surface area contributed by atoms with Gasteiger partial charge in [0.25, 0.3) is 0 Å². The van der Waals surface area contributed by atoms with E-state index in [4.69, 9.17) is 4.74 Å². The van der Waals surface area contributed by atoms with Crippen LogP contribution in [0.4, 0.5) is 0 Å². The maximum absolute atomic E-state index is 5.30. The lowest BCUT2D eigenvalue weighted by atomic mass is 10.0. The second-order valence-corrected chi connectivity index (χ2v) is 3.61. The number of unbranched alkanes of at least 4 members (excludes halogenated alkanes) is 1. The molecule has 2 heteroatoms. The molecule has 0 radical (unpaired) electrons. The van der Waals surface area contributed by atoms with Gasteiger partial charge in [0.1, 0.15) is 0 Å². The molecule has 1 heterocycles.